The first-order valence-corrected chi connectivity index (χ1v) is 6.30. The van der Waals surface area contributed by atoms with Crippen LogP contribution in [0.2, 0.25) is 0 Å². The largest absolute Gasteiger partial charge is 0.281 e. The number of aryl methyl sites for hydroxylation is 1. The molecule has 0 unspecified atom stereocenters. The maximum Gasteiger partial charge on any atom is 0.281 e. The van der Waals surface area contributed by atoms with Crippen LogP contribution in [0.1, 0.15) is 5.69 Å². The molecular weight excluding hydrogens is 312 g/mol. The van der Waals surface area contributed by atoms with E-state index >= 15 is 0 Å². The fourth-order valence-electron chi connectivity index (χ4n) is 1.73. The molecular formula is C11H9BrN6O. The molecule has 0 atom stereocenters. The molecule has 3 aromatic rings. The Labute approximate surface area is 116 Å². The minimum atomic E-state index is -0.220. The van der Waals surface area contributed by atoms with Crippen LogP contribution < -0.4 is 5.56 Å². The van der Waals surface area contributed by atoms with Crippen LogP contribution in [0.3, 0.4) is 0 Å². The molecule has 0 saturated carbocycles. The molecule has 19 heavy (non-hydrogen) atoms. The fourth-order valence-corrected chi connectivity index (χ4v) is 1.97. The highest BCUT2D eigenvalue weighted by atomic mass is 79.9. The van der Waals surface area contributed by atoms with Gasteiger partial charge in [-0.2, -0.15) is 5.10 Å². The molecule has 0 bridgehead atoms. The van der Waals surface area contributed by atoms with E-state index in [2.05, 4.69) is 36.3 Å². The Hall–Kier alpha value is -2.09. The molecule has 0 aromatic carbocycles. The molecule has 0 amide bonds. The van der Waals surface area contributed by atoms with Gasteiger partial charge in [-0.15, -0.1) is 5.10 Å². The summed E-state index contributed by atoms with van der Waals surface area (Å²) in [7, 11) is 1.72. The van der Waals surface area contributed by atoms with Crippen molar-refractivity contribution in [2.45, 2.75) is 6.54 Å². The third-order valence-corrected chi connectivity index (χ3v) is 3.19. The molecule has 0 fully saturated rings. The number of rotatable bonds is 2. The van der Waals surface area contributed by atoms with Gasteiger partial charge in [-0.3, -0.25) is 9.78 Å². The van der Waals surface area contributed by atoms with E-state index in [1.807, 2.05) is 12.1 Å². The summed E-state index contributed by atoms with van der Waals surface area (Å²) in [6.07, 6.45) is 3.17. The molecule has 3 rings (SSSR count). The van der Waals surface area contributed by atoms with E-state index in [1.54, 1.807) is 13.2 Å². The van der Waals surface area contributed by atoms with Gasteiger partial charge >= 0.3 is 0 Å². The standard InChI is InChI=1S/C11H9BrN6O/c1-17-10-9(5-14-17)11(19)18(16-15-10)6-8-3-2-7(12)4-13-8/h2-5H,6H2,1H3. The van der Waals surface area contributed by atoms with Gasteiger partial charge in [-0.1, -0.05) is 5.21 Å². The van der Waals surface area contributed by atoms with Crippen LogP contribution in [0.25, 0.3) is 11.0 Å². The minimum absolute atomic E-state index is 0.220. The van der Waals surface area contributed by atoms with E-state index in [1.165, 1.54) is 15.6 Å². The zero-order valence-corrected chi connectivity index (χ0v) is 11.6. The normalized spacial score (nSPS) is 11.1. The average Bonchev–Trinajstić information content (AvgIpc) is 2.78. The summed E-state index contributed by atoms with van der Waals surface area (Å²) in [6, 6.07) is 3.69. The third kappa shape index (κ3) is 2.14. The summed E-state index contributed by atoms with van der Waals surface area (Å²) in [6.45, 7) is 0.282. The van der Waals surface area contributed by atoms with Gasteiger partial charge in [0.15, 0.2) is 5.65 Å². The van der Waals surface area contributed by atoms with Crippen LogP contribution in [-0.4, -0.2) is 29.8 Å². The number of halogens is 1. The molecule has 7 nitrogen and oxygen atoms in total. The Balaban J connectivity index is 2.04. The molecule has 0 N–H and O–H groups in total. The van der Waals surface area contributed by atoms with Gasteiger partial charge in [0.1, 0.15) is 5.39 Å². The van der Waals surface area contributed by atoms with Crippen LogP contribution in [0.5, 0.6) is 0 Å². The molecule has 0 radical (unpaired) electrons. The molecule has 96 valence electrons. The molecule has 0 aliphatic rings. The summed E-state index contributed by atoms with van der Waals surface area (Å²) in [5.41, 5.74) is 0.996. The van der Waals surface area contributed by atoms with Crippen molar-refractivity contribution < 1.29 is 0 Å². The maximum atomic E-state index is 12.2. The molecule has 3 heterocycles. The quantitative estimate of drug-likeness (QED) is 0.695. The fraction of sp³-hybridized carbons (Fsp3) is 0.182. The van der Waals surface area contributed by atoms with E-state index in [9.17, 15) is 4.79 Å². The van der Waals surface area contributed by atoms with Crippen molar-refractivity contribution in [1.82, 2.24) is 29.8 Å². The van der Waals surface area contributed by atoms with Crippen molar-refractivity contribution in [1.29, 1.82) is 0 Å². The highest BCUT2D eigenvalue weighted by molar-refractivity contribution is 9.10. The number of pyridine rings is 1. The number of fused-ring (bicyclic) bond motifs is 1. The van der Waals surface area contributed by atoms with Crippen LogP contribution in [0.4, 0.5) is 0 Å². The van der Waals surface area contributed by atoms with Gasteiger partial charge in [0.05, 0.1) is 18.4 Å². The van der Waals surface area contributed by atoms with Gasteiger partial charge in [0.25, 0.3) is 5.56 Å². The molecule has 8 heteroatoms. The van der Waals surface area contributed by atoms with Crippen molar-refractivity contribution in [2.75, 3.05) is 0 Å². The van der Waals surface area contributed by atoms with Gasteiger partial charge in [0.2, 0.25) is 0 Å². The number of aromatic nitrogens is 6. The van der Waals surface area contributed by atoms with E-state index in [0.717, 1.165) is 10.2 Å². The highest BCUT2D eigenvalue weighted by Gasteiger charge is 2.09. The van der Waals surface area contributed by atoms with E-state index in [4.69, 9.17) is 0 Å². The smallest absolute Gasteiger partial charge is 0.267 e. The lowest BCUT2D eigenvalue weighted by molar-refractivity contribution is 0.587. The first kappa shape index (κ1) is 12.0. The van der Waals surface area contributed by atoms with Crippen LogP contribution in [-0.2, 0) is 13.6 Å². The zero-order chi connectivity index (χ0) is 13.4. The van der Waals surface area contributed by atoms with Gasteiger partial charge in [0, 0.05) is 17.7 Å². The lowest BCUT2D eigenvalue weighted by Gasteiger charge is -2.03. The van der Waals surface area contributed by atoms with E-state index in [-0.39, 0.29) is 12.1 Å². The van der Waals surface area contributed by atoms with Crippen molar-refractivity contribution >= 4 is 27.0 Å². The SMILES string of the molecule is Cn1ncc2c(=O)n(Cc3ccc(Br)cn3)nnc21. The summed E-state index contributed by atoms with van der Waals surface area (Å²) >= 11 is 3.31. The lowest BCUT2D eigenvalue weighted by Crippen LogP contribution is -2.25. The Kier molecular flexibility index (Phi) is 2.86. The van der Waals surface area contributed by atoms with E-state index < -0.39 is 0 Å². The van der Waals surface area contributed by atoms with Gasteiger partial charge in [-0.25, -0.2) is 9.36 Å². The monoisotopic (exact) mass is 320 g/mol. The first-order chi connectivity index (χ1) is 9.15. The predicted molar refractivity (Wildman–Crippen MR) is 71.6 cm³/mol. The second-order valence-electron chi connectivity index (χ2n) is 4.03. The van der Waals surface area contributed by atoms with Crippen molar-refractivity contribution in [3.05, 3.63) is 45.0 Å². The van der Waals surface area contributed by atoms with Crippen molar-refractivity contribution in [2.24, 2.45) is 7.05 Å². The topological polar surface area (TPSA) is 78.5 Å². The van der Waals surface area contributed by atoms with Crippen molar-refractivity contribution in [3.63, 3.8) is 0 Å². The second kappa shape index (κ2) is 4.54. The Morgan fingerprint density at radius 2 is 2.16 bits per heavy atom. The van der Waals surface area contributed by atoms with Crippen LogP contribution >= 0.6 is 15.9 Å². The minimum Gasteiger partial charge on any atom is -0.267 e. The first-order valence-electron chi connectivity index (χ1n) is 5.51. The zero-order valence-electron chi connectivity index (χ0n) is 9.99. The number of hydrogen-bond acceptors (Lipinski definition) is 5. The Morgan fingerprint density at radius 1 is 1.32 bits per heavy atom. The lowest BCUT2D eigenvalue weighted by atomic mass is 10.3. The summed E-state index contributed by atoms with van der Waals surface area (Å²) in [5.74, 6) is 0. The van der Waals surface area contributed by atoms with Crippen molar-refractivity contribution in [3.8, 4) is 0 Å². The number of nitrogens with zero attached hydrogens (tertiary/aromatic N) is 6. The van der Waals surface area contributed by atoms with E-state index in [0.29, 0.717) is 11.0 Å². The third-order valence-electron chi connectivity index (χ3n) is 2.72. The summed E-state index contributed by atoms with van der Waals surface area (Å²) in [5, 5.41) is 12.3. The molecule has 0 aliphatic heterocycles. The van der Waals surface area contributed by atoms with Gasteiger partial charge < -0.3 is 0 Å². The molecule has 0 aliphatic carbocycles. The average molecular weight is 321 g/mol. The molecule has 0 spiro atoms. The molecule has 3 aromatic heterocycles. The van der Waals surface area contributed by atoms with Crippen LogP contribution in [0, 0.1) is 0 Å². The summed E-state index contributed by atoms with van der Waals surface area (Å²) < 4.78 is 3.68. The number of hydrogen-bond donors (Lipinski definition) is 0. The predicted octanol–water partition coefficient (Wildman–Crippen LogP) is 0.731. The van der Waals surface area contributed by atoms with Crippen LogP contribution in [0.15, 0.2) is 33.8 Å². The maximum absolute atomic E-state index is 12.2. The highest BCUT2D eigenvalue weighted by Crippen LogP contribution is 2.08. The molecule has 0 saturated heterocycles. The van der Waals surface area contributed by atoms with Gasteiger partial charge in [-0.05, 0) is 28.1 Å². The Morgan fingerprint density at radius 3 is 2.89 bits per heavy atom. The Bertz CT molecular complexity index is 791. The summed E-state index contributed by atoms with van der Waals surface area (Å²) in [4.78, 5) is 16.4. The second-order valence-corrected chi connectivity index (χ2v) is 4.94.